The Morgan fingerprint density at radius 3 is 1.36 bits per heavy atom. The van der Waals surface area contributed by atoms with E-state index in [1.807, 2.05) is 60.7 Å². The highest BCUT2D eigenvalue weighted by Crippen LogP contribution is 2.44. The predicted octanol–water partition coefficient (Wildman–Crippen LogP) is 10.9. The Labute approximate surface area is 261 Å². The molecule has 0 atom stereocenters. The Morgan fingerprint density at radius 1 is 0.523 bits per heavy atom. The van der Waals surface area contributed by atoms with Gasteiger partial charge in [0.2, 0.25) is 0 Å². The number of ether oxygens (including phenoxy) is 2. The van der Waals surface area contributed by atoms with Gasteiger partial charge in [0.25, 0.3) is 0 Å². The summed E-state index contributed by atoms with van der Waals surface area (Å²) in [4.78, 5) is 25.6. The first-order valence-corrected chi connectivity index (χ1v) is 16.1. The molecule has 0 aromatic heterocycles. The van der Waals surface area contributed by atoms with Crippen LogP contribution in [0.2, 0.25) is 0 Å². The minimum atomic E-state index is 0.500. The predicted molar refractivity (Wildman–Crippen MR) is 182 cm³/mol. The van der Waals surface area contributed by atoms with Crippen molar-refractivity contribution >= 4 is 34.1 Å². The lowest BCUT2D eigenvalue weighted by Crippen LogP contribution is -2.03. The molecule has 5 rings (SSSR count). The van der Waals surface area contributed by atoms with Crippen molar-refractivity contribution in [2.75, 3.05) is 13.2 Å². The summed E-state index contributed by atoms with van der Waals surface area (Å²) < 4.78 is 12.7. The van der Waals surface area contributed by atoms with E-state index in [0.717, 1.165) is 83.8 Å². The summed E-state index contributed by atoms with van der Waals surface area (Å²) in [7, 11) is 0. The maximum absolute atomic E-state index is 12.8. The number of rotatable bonds is 16. The van der Waals surface area contributed by atoms with Gasteiger partial charge in [0.05, 0.1) is 13.2 Å². The Balaban J connectivity index is 1.66. The minimum absolute atomic E-state index is 0.500. The van der Waals surface area contributed by atoms with E-state index in [0.29, 0.717) is 47.0 Å². The van der Waals surface area contributed by atoms with Gasteiger partial charge in [-0.2, -0.15) is 0 Å². The number of hydrogen-bond acceptors (Lipinski definition) is 4. The van der Waals surface area contributed by atoms with E-state index in [4.69, 9.17) is 9.47 Å². The fourth-order valence-electron chi connectivity index (χ4n) is 5.98. The summed E-state index contributed by atoms with van der Waals surface area (Å²) in [6.07, 6.45) is 10.6. The Bertz CT molecular complexity index is 1610. The Morgan fingerprint density at radius 2 is 0.955 bits per heavy atom. The number of fused-ring (bicyclic) bond motifs is 2. The fourth-order valence-corrected chi connectivity index (χ4v) is 5.98. The first-order chi connectivity index (χ1) is 21.7. The van der Waals surface area contributed by atoms with E-state index < -0.39 is 0 Å². The van der Waals surface area contributed by atoms with Gasteiger partial charge in [-0.3, -0.25) is 9.59 Å². The summed E-state index contributed by atoms with van der Waals surface area (Å²) in [6, 6.07) is 28.0. The largest absolute Gasteiger partial charge is 0.493 e. The third-order valence-electron chi connectivity index (χ3n) is 8.31. The van der Waals surface area contributed by atoms with E-state index in [2.05, 4.69) is 38.1 Å². The molecule has 0 aliphatic rings. The third kappa shape index (κ3) is 6.86. The number of benzene rings is 5. The highest BCUT2D eigenvalue weighted by atomic mass is 16.5. The smallest absolute Gasteiger partial charge is 0.150 e. The van der Waals surface area contributed by atoms with E-state index in [9.17, 15) is 9.59 Å². The Hall–Kier alpha value is -4.44. The van der Waals surface area contributed by atoms with Crippen molar-refractivity contribution < 1.29 is 19.1 Å². The molecule has 0 unspecified atom stereocenters. The van der Waals surface area contributed by atoms with Crippen LogP contribution < -0.4 is 9.47 Å². The van der Waals surface area contributed by atoms with Gasteiger partial charge in [-0.05, 0) is 69.8 Å². The molecule has 0 aliphatic carbocycles. The second-order valence-electron chi connectivity index (χ2n) is 11.4. The molecule has 44 heavy (non-hydrogen) atoms. The van der Waals surface area contributed by atoms with Gasteiger partial charge >= 0.3 is 0 Å². The van der Waals surface area contributed by atoms with Gasteiger partial charge < -0.3 is 9.47 Å². The molecule has 4 nitrogen and oxygen atoms in total. The zero-order valence-electron chi connectivity index (χ0n) is 25.9. The third-order valence-corrected chi connectivity index (χ3v) is 8.31. The molecule has 0 aliphatic heterocycles. The minimum Gasteiger partial charge on any atom is -0.493 e. The van der Waals surface area contributed by atoms with Gasteiger partial charge in [-0.1, -0.05) is 113 Å². The molecular formula is C40H42O4. The number of unbranched alkanes of at least 4 members (excludes halogenated alkanes) is 6. The summed E-state index contributed by atoms with van der Waals surface area (Å²) in [5.74, 6) is 1.43. The van der Waals surface area contributed by atoms with E-state index in [1.165, 1.54) is 12.8 Å². The van der Waals surface area contributed by atoms with Gasteiger partial charge in [0, 0.05) is 22.3 Å². The van der Waals surface area contributed by atoms with Crippen molar-refractivity contribution in [3.63, 3.8) is 0 Å². The molecule has 0 radical (unpaired) electrons. The second-order valence-corrected chi connectivity index (χ2v) is 11.4. The number of carbonyl (C=O) groups is 2. The standard InChI is InChI=1S/C40H42O4/c1-3-5-7-13-23-43-37-21-19-29-15-9-11-17-33(29)39(37)35-25-32(28-42)36(26-31(35)27-41)40-34-18-12-10-16-30(34)20-22-38(40)44-24-14-8-6-4-2/h9-12,15-22,25-28H,3-8,13-14,23-24H2,1-2H3. The topological polar surface area (TPSA) is 52.6 Å². The van der Waals surface area contributed by atoms with Gasteiger partial charge in [0.15, 0.2) is 12.6 Å². The zero-order valence-corrected chi connectivity index (χ0v) is 25.9. The van der Waals surface area contributed by atoms with Crippen LogP contribution in [0.3, 0.4) is 0 Å². The summed E-state index contributed by atoms with van der Waals surface area (Å²) in [5, 5.41) is 4.05. The lowest BCUT2D eigenvalue weighted by atomic mass is 9.87. The molecule has 5 aromatic carbocycles. The van der Waals surface area contributed by atoms with Crippen LogP contribution in [0.4, 0.5) is 0 Å². The van der Waals surface area contributed by atoms with Crippen LogP contribution in [0.1, 0.15) is 85.9 Å². The van der Waals surface area contributed by atoms with Gasteiger partial charge in [-0.25, -0.2) is 0 Å². The molecular weight excluding hydrogens is 544 g/mol. The normalized spacial score (nSPS) is 11.1. The van der Waals surface area contributed by atoms with Gasteiger partial charge in [-0.15, -0.1) is 0 Å². The van der Waals surface area contributed by atoms with Crippen molar-refractivity contribution in [1.29, 1.82) is 0 Å². The van der Waals surface area contributed by atoms with Crippen LogP contribution in [-0.4, -0.2) is 25.8 Å². The lowest BCUT2D eigenvalue weighted by Gasteiger charge is -2.20. The van der Waals surface area contributed by atoms with Gasteiger partial charge in [0.1, 0.15) is 11.5 Å². The van der Waals surface area contributed by atoms with E-state index in [-0.39, 0.29) is 0 Å². The molecule has 226 valence electrons. The number of aldehydes is 2. The molecule has 0 bridgehead atoms. The van der Waals surface area contributed by atoms with Crippen molar-refractivity contribution in [2.24, 2.45) is 0 Å². The molecule has 0 amide bonds. The fraction of sp³-hybridized carbons (Fsp3) is 0.300. The van der Waals surface area contributed by atoms with Crippen LogP contribution >= 0.6 is 0 Å². The molecule has 0 saturated heterocycles. The molecule has 0 heterocycles. The monoisotopic (exact) mass is 586 g/mol. The molecule has 4 heteroatoms. The first kappa shape index (κ1) is 31.0. The average molecular weight is 587 g/mol. The molecule has 0 spiro atoms. The first-order valence-electron chi connectivity index (χ1n) is 16.1. The van der Waals surface area contributed by atoms with Crippen LogP contribution in [0, 0.1) is 0 Å². The molecule has 0 saturated carbocycles. The summed E-state index contributed by atoms with van der Waals surface area (Å²) in [6.45, 7) is 5.57. The molecule has 5 aromatic rings. The summed E-state index contributed by atoms with van der Waals surface area (Å²) in [5.41, 5.74) is 4.04. The second kappa shape index (κ2) is 15.3. The van der Waals surface area contributed by atoms with Crippen LogP contribution in [-0.2, 0) is 0 Å². The lowest BCUT2D eigenvalue weighted by molar-refractivity contribution is 0.111. The van der Waals surface area contributed by atoms with Crippen molar-refractivity contribution in [3.8, 4) is 33.8 Å². The van der Waals surface area contributed by atoms with Crippen molar-refractivity contribution in [1.82, 2.24) is 0 Å². The number of hydrogen-bond donors (Lipinski definition) is 0. The molecule has 0 N–H and O–H groups in total. The SMILES string of the molecule is CCCCCCOc1ccc2ccccc2c1-c1cc(C=O)c(-c2c(OCCCCCC)ccc3ccccc23)cc1C=O. The quantitative estimate of drug-likeness (QED) is 0.0852. The van der Waals surface area contributed by atoms with E-state index >= 15 is 0 Å². The highest BCUT2D eigenvalue weighted by molar-refractivity contribution is 6.09. The van der Waals surface area contributed by atoms with Crippen molar-refractivity contribution in [2.45, 2.75) is 65.2 Å². The van der Waals surface area contributed by atoms with Crippen LogP contribution in [0.5, 0.6) is 11.5 Å². The van der Waals surface area contributed by atoms with Crippen molar-refractivity contribution in [3.05, 3.63) is 96.1 Å². The Kier molecular flexibility index (Phi) is 10.8. The highest BCUT2D eigenvalue weighted by Gasteiger charge is 2.21. The maximum Gasteiger partial charge on any atom is 0.150 e. The average Bonchev–Trinajstić information content (AvgIpc) is 3.07. The van der Waals surface area contributed by atoms with E-state index in [1.54, 1.807) is 0 Å². The van der Waals surface area contributed by atoms with Crippen LogP contribution in [0.15, 0.2) is 84.9 Å². The maximum atomic E-state index is 12.8. The zero-order chi connectivity index (χ0) is 30.7. The number of carbonyl (C=O) groups excluding carboxylic acids is 2. The molecule has 0 fully saturated rings. The van der Waals surface area contributed by atoms with Crippen LogP contribution in [0.25, 0.3) is 43.8 Å². The summed E-state index contributed by atoms with van der Waals surface area (Å²) >= 11 is 0.